The number of nitrogens with zero attached hydrogens (tertiary/aromatic N) is 2. The second kappa shape index (κ2) is 5.33. The first kappa shape index (κ1) is 15.2. The van der Waals surface area contributed by atoms with Crippen molar-refractivity contribution in [2.75, 3.05) is 0 Å². The Kier molecular flexibility index (Phi) is 3.52. The molecule has 4 aliphatic carbocycles. The third-order valence-corrected chi connectivity index (χ3v) is 6.11. The fourth-order valence-corrected chi connectivity index (χ4v) is 6.01. The molecule has 5 rings (SSSR count). The molecular formula is C18H27N3O2. The van der Waals surface area contributed by atoms with Gasteiger partial charge in [0.25, 0.3) is 0 Å². The van der Waals surface area contributed by atoms with Crippen molar-refractivity contribution in [2.45, 2.75) is 70.1 Å². The number of aromatic nitrogens is 2. The highest BCUT2D eigenvalue weighted by atomic mass is 16.3. The van der Waals surface area contributed by atoms with Crippen LogP contribution >= 0.6 is 0 Å². The van der Waals surface area contributed by atoms with Crippen LogP contribution in [0.25, 0.3) is 0 Å². The van der Waals surface area contributed by atoms with Crippen LogP contribution in [0.15, 0.2) is 18.5 Å². The van der Waals surface area contributed by atoms with Gasteiger partial charge in [0.15, 0.2) is 0 Å². The highest BCUT2D eigenvalue weighted by Crippen LogP contribution is 2.62. The lowest BCUT2D eigenvalue weighted by atomic mass is 9.47. The van der Waals surface area contributed by atoms with E-state index in [4.69, 9.17) is 0 Å². The van der Waals surface area contributed by atoms with Crippen molar-refractivity contribution < 1.29 is 9.90 Å². The Hall–Kier alpha value is -1.36. The molecule has 0 spiro atoms. The van der Waals surface area contributed by atoms with E-state index in [0.29, 0.717) is 24.8 Å². The number of carbonyl (C=O) groups is 1. The molecule has 1 heterocycles. The lowest BCUT2D eigenvalue weighted by Gasteiger charge is -2.60. The van der Waals surface area contributed by atoms with Crippen molar-refractivity contribution in [3.05, 3.63) is 18.5 Å². The molecule has 1 aromatic heterocycles. The topological polar surface area (TPSA) is 67.2 Å². The second-order valence-corrected chi connectivity index (χ2v) is 8.56. The maximum absolute atomic E-state index is 12.5. The van der Waals surface area contributed by atoms with Crippen LogP contribution in [0.3, 0.4) is 0 Å². The van der Waals surface area contributed by atoms with E-state index < -0.39 is 5.60 Å². The summed E-state index contributed by atoms with van der Waals surface area (Å²) in [6, 6.07) is 1.96. The summed E-state index contributed by atoms with van der Waals surface area (Å²) in [5, 5.41) is 18.1. The summed E-state index contributed by atoms with van der Waals surface area (Å²) >= 11 is 0. The van der Waals surface area contributed by atoms with Crippen LogP contribution in [-0.4, -0.2) is 32.4 Å². The van der Waals surface area contributed by atoms with Crippen LogP contribution in [0.4, 0.5) is 0 Å². The van der Waals surface area contributed by atoms with Crippen LogP contribution in [0.1, 0.15) is 51.9 Å². The summed E-state index contributed by atoms with van der Waals surface area (Å²) in [4.78, 5) is 12.5. The van der Waals surface area contributed by atoms with Crippen LogP contribution in [-0.2, 0) is 11.3 Å². The summed E-state index contributed by atoms with van der Waals surface area (Å²) in [5.41, 5.74) is -0.431. The predicted octanol–water partition coefficient (Wildman–Crippen LogP) is 2.11. The summed E-state index contributed by atoms with van der Waals surface area (Å²) in [5.74, 6) is 1.40. The Bertz CT molecular complexity index is 569. The van der Waals surface area contributed by atoms with Crippen molar-refractivity contribution >= 4 is 5.91 Å². The number of rotatable bonds is 5. The summed E-state index contributed by atoms with van der Waals surface area (Å²) in [6.07, 6.45) is 10.5. The van der Waals surface area contributed by atoms with Gasteiger partial charge in [-0.1, -0.05) is 0 Å². The highest BCUT2D eigenvalue weighted by molar-refractivity contribution is 5.77. The Balaban J connectivity index is 1.37. The van der Waals surface area contributed by atoms with E-state index in [2.05, 4.69) is 10.4 Å². The average Bonchev–Trinajstić information content (AvgIpc) is 2.86. The standard InChI is InChI=1S/C18H27N3O2/c1-13(11-21-4-2-3-19-21)20-16(22)10-17-6-14-5-15(7-17)9-18(23,8-14)12-17/h2-4,13-15,23H,5-12H2,1H3,(H,20,22)/t13-,14+,15+,17?,18?/m0/s1. The van der Waals surface area contributed by atoms with Gasteiger partial charge in [0.1, 0.15) is 0 Å². The molecule has 4 aliphatic rings. The van der Waals surface area contributed by atoms with Gasteiger partial charge in [0, 0.05) is 24.9 Å². The van der Waals surface area contributed by atoms with Crippen molar-refractivity contribution in [2.24, 2.45) is 17.3 Å². The lowest BCUT2D eigenvalue weighted by molar-refractivity contribution is -0.169. The summed E-state index contributed by atoms with van der Waals surface area (Å²) < 4.78 is 1.85. The van der Waals surface area contributed by atoms with Crippen LogP contribution in [0, 0.1) is 17.3 Å². The minimum Gasteiger partial charge on any atom is -0.390 e. The van der Waals surface area contributed by atoms with Gasteiger partial charge in [0.2, 0.25) is 5.91 Å². The molecule has 4 fully saturated rings. The first-order valence-electron chi connectivity index (χ1n) is 8.93. The van der Waals surface area contributed by atoms with E-state index in [1.54, 1.807) is 6.20 Å². The molecule has 0 aliphatic heterocycles. The van der Waals surface area contributed by atoms with Gasteiger partial charge in [-0.2, -0.15) is 5.10 Å². The molecule has 0 aromatic carbocycles. The van der Waals surface area contributed by atoms with Crippen LogP contribution in [0.5, 0.6) is 0 Å². The lowest BCUT2D eigenvalue weighted by Crippen LogP contribution is -2.56. The Labute approximate surface area is 137 Å². The number of carbonyl (C=O) groups excluding carboxylic acids is 1. The maximum Gasteiger partial charge on any atom is 0.220 e. The molecule has 1 amide bonds. The third-order valence-electron chi connectivity index (χ3n) is 6.11. The first-order chi connectivity index (χ1) is 10.9. The van der Waals surface area contributed by atoms with Gasteiger partial charge in [-0.25, -0.2) is 0 Å². The molecule has 0 unspecified atom stereocenters. The molecule has 2 N–H and O–H groups in total. The molecule has 23 heavy (non-hydrogen) atoms. The van der Waals surface area contributed by atoms with E-state index in [9.17, 15) is 9.90 Å². The molecule has 5 nitrogen and oxygen atoms in total. The Morgan fingerprint density at radius 2 is 2.13 bits per heavy atom. The number of hydrogen-bond acceptors (Lipinski definition) is 3. The third kappa shape index (κ3) is 3.03. The van der Waals surface area contributed by atoms with Gasteiger partial charge >= 0.3 is 0 Å². The molecular weight excluding hydrogens is 290 g/mol. The largest absolute Gasteiger partial charge is 0.390 e. The molecule has 0 saturated heterocycles. The van der Waals surface area contributed by atoms with Crippen molar-refractivity contribution in [3.8, 4) is 0 Å². The van der Waals surface area contributed by atoms with E-state index >= 15 is 0 Å². The zero-order valence-electron chi connectivity index (χ0n) is 13.9. The van der Waals surface area contributed by atoms with Crippen molar-refractivity contribution in [1.29, 1.82) is 0 Å². The number of amides is 1. The van der Waals surface area contributed by atoms with E-state index in [1.807, 2.05) is 23.9 Å². The number of aliphatic hydroxyl groups is 1. The van der Waals surface area contributed by atoms with Gasteiger partial charge in [0.05, 0.1) is 12.1 Å². The van der Waals surface area contributed by atoms with Crippen LogP contribution in [0.2, 0.25) is 0 Å². The van der Waals surface area contributed by atoms with Gasteiger partial charge in [-0.05, 0) is 68.8 Å². The molecule has 126 valence electrons. The molecule has 4 saturated carbocycles. The maximum atomic E-state index is 12.5. The molecule has 5 heteroatoms. The van der Waals surface area contributed by atoms with E-state index in [1.165, 1.54) is 6.42 Å². The smallest absolute Gasteiger partial charge is 0.220 e. The van der Waals surface area contributed by atoms with Crippen molar-refractivity contribution in [1.82, 2.24) is 15.1 Å². The first-order valence-corrected chi connectivity index (χ1v) is 8.93. The molecule has 1 aromatic rings. The van der Waals surface area contributed by atoms with E-state index in [-0.39, 0.29) is 17.4 Å². The number of hydrogen-bond donors (Lipinski definition) is 2. The quantitative estimate of drug-likeness (QED) is 0.874. The summed E-state index contributed by atoms with van der Waals surface area (Å²) in [7, 11) is 0. The predicted molar refractivity (Wildman–Crippen MR) is 86.5 cm³/mol. The highest BCUT2D eigenvalue weighted by Gasteiger charge is 2.57. The van der Waals surface area contributed by atoms with Crippen molar-refractivity contribution in [3.63, 3.8) is 0 Å². The molecule has 4 bridgehead atoms. The zero-order valence-corrected chi connectivity index (χ0v) is 13.9. The fourth-order valence-electron chi connectivity index (χ4n) is 6.01. The minimum atomic E-state index is -0.481. The zero-order chi connectivity index (χ0) is 16.1. The van der Waals surface area contributed by atoms with E-state index in [0.717, 1.165) is 32.1 Å². The van der Waals surface area contributed by atoms with Crippen LogP contribution < -0.4 is 5.32 Å². The summed E-state index contributed by atoms with van der Waals surface area (Å²) in [6.45, 7) is 2.72. The Morgan fingerprint density at radius 3 is 2.74 bits per heavy atom. The van der Waals surface area contributed by atoms with Gasteiger partial charge < -0.3 is 10.4 Å². The second-order valence-electron chi connectivity index (χ2n) is 8.56. The number of nitrogens with one attached hydrogen (secondary N) is 1. The average molecular weight is 317 g/mol. The molecule has 0 radical (unpaired) electrons. The fraction of sp³-hybridized carbons (Fsp3) is 0.778. The monoisotopic (exact) mass is 317 g/mol. The molecule has 3 atom stereocenters. The minimum absolute atomic E-state index is 0.0499. The normalized spacial score (nSPS) is 39.4. The van der Waals surface area contributed by atoms with Gasteiger partial charge in [-0.3, -0.25) is 9.48 Å². The van der Waals surface area contributed by atoms with Gasteiger partial charge in [-0.15, -0.1) is 0 Å². The SMILES string of the molecule is C[C@@H](Cn1cccn1)NC(=O)CC12C[C@H]3C[C@@H](CC(O)(C3)C1)C2. The Morgan fingerprint density at radius 1 is 1.39 bits per heavy atom.